The third-order valence-corrected chi connectivity index (χ3v) is 6.09. The van der Waals surface area contributed by atoms with Crippen molar-refractivity contribution in [2.24, 2.45) is 0 Å². The first-order chi connectivity index (χ1) is 10.4. The highest BCUT2D eigenvalue weighted by molar-refractivity contribution is 6.80. The van der Waals surface area contributed by atoms with Crippen LogP contribution in [0.3, 0.4) is 0 Å². The predicted octanol–water partition coefficient (Wildman–Crippen LogP) is 3.29. The number of hydrogen-bond donors (Lipinski definition) is 0. The summed E-state index contributed by atoms with van der Waals surface area (Å²) in [6.07, 6.45) is 6.67. The molecule has 0 N–H and O–H groups in total. The van der Waals surface area contributed by atoms with Gasteiger partial charge >= 0.3 is 0 Å². The Bertz CT molecular complexity index is 470. The number of benzene rings is 2. The fourth-order valence-corrected chi connectivity index (χ4v) is 4.73. The quantitative estimate of drug-likeness (QED) is 0.392. The first-order valence-electron chi connectivity index (χ1n) is 7.74. The molecule has 0 radical (unpaired) electrons. The minimum atomic E-state index is -1.53. The van der Waals surface area contributed by atoms with Crippen LogP contribution in [-0.2, 0) is 4.43 Å². The summed E-state index contributed by atoms with van der Waals surface area (Å²) in [6.45, 7) is 4.62. The SMILES string of the molecule is C=CCCCCCO[SiH](c1ccccc1)c1ccccc1. The fourth-order valence-electron chi connectivity index (χ4n) is 2.41. The van der Waals surface area contributed by atoms with E-state index in [9.17, 15) is 0 Å². The third-order valence-electron chi connectivity index (χ3n) is 3.54. The topological polar surface area (TPSA) is 9.23 Å². The van der Waals surface area contributed by atoms with E-state index in [0.29, 0.717) is 0 Å². The maximum atomic E-state index is 6.31. The molecule has 0 fully saturated rings. The van der Waals surface area contributed by atoms with E-state index in [1.54, 1.807) is 0 Å². The summed E-state index contributed by atoms with van der Waals surface area (Å²) in [5, 5.41) is 2.71. The third kappa shape index (κ3) is 5.33. The van der Waals surface area contributed by atoms with Crippen LogP contribution in [0.1, 0.15) is 25.7 Å². The van der Waals surface area contributed by atoms with Crippen LogP contribution in [0.25, 0.3) is 0 Å². The van der Waals surface area contributed by atoms with Gasteiger partial charge in [-0.3, -0.25) is 0 Å². The molecule has 2 rings (SSSR count). The zero-order valence-electron chi connectivity index (χ0n) is 12.6. The summed E-state index contributed by atoms with van der Waals surface area (Å²) >= 11 is 0. The molecule has 0 unspecified atom stereocenters. The van der Waals surface area contributed by atoms with Crippen LogP contribution in [0.4, 0.5) is 0 Å². The Kier molecular flexibility index (Phi) is 6.99. The lowest BCUT2D eigenvalue weighted by Gasteiger charge is -2.17. The van der Waals surface area contributed by atoms with Crippen LogP contribution in [0.15, 0.2) is 73.3 Å². The largest absolute Gasteiger partial charge is 0.411 e. The molecule has 0 saturated carbocycles. The average Bonchev–Trinajstić information content (AvgIpc) is 2.56. The second-order valence-corrected chi connectivity index (χ2v) is 7.64. The fraction of sp³-hybridized carbons (Fsp3) is 0.263. The zero-order valence-corrected chi connectivity index (χ0v) is 13.7. The number of unbranched alkanes of at least 4 members (excludes halogenated alkanes) is 3. The smallest absolute Gasteiger partial charge is 0.239 e. The molecule has 0 spiro atoms. The molecule has 0 aliphatic rings. The molecule has 110 valence electrons. The van der Waals surface area contributed by atoms with Crippen LogP contribution in [0, 0.1) is 0 Å². The molecule has 0 aromatic heterocycles. The van der Waals surface area contributed by atoms with Crippen molar-refractivity contribution in [1.82, 2.24) is 0 Å². The Morgan fingerprint density at radius 2 is 1.38 bits per heavy atom. The van der Waals surface area contributed by atoms with Gasteiger partial charge in [-0.15, -0.1) is 6.58 Å². The molecule has 2 aromatic carbocycles. The van der Waals surface area contributed by atoms with Crippen molar-refractivity contribution in [3.8, 4) is 0 Å². The standard InChI is InChI=1S/C19H24OSi/c1-2-3-4-5-12-17-20-21(18-13-8-6-9-14-18)19-15-10-7-11-16-19/h2,6-11,13-16,21H,1,3-5,12,17H2. The van der Waals surface area contributed by atoms with Gasteiger partial charge in [0.15, 0.2) is 0 Å². The van der Waals surface area contributed by atoms with Gasteiger partial charge in [0, 0.05) is 6.61 Å². The van der Waals surface area contributed by atoms with E-state index < -0.39 is 9.04 Å². The Morgan fingerprint density at radius 1 is 0.810 bits per heavy atom. The lowest BCUT2D eigenvalue weighted by atomic mass is 10.2. The highest BCUT2D eigenvalue weighted by Gasteiger charge is 2.16. The monoisotopic (exact) mass is 296 g/mol. The van der Waals surface area contributed by atoms with E-state index in [1.807, 2.05) is 6.08 Å². The summed E-state index contributed by atoms with van der Waals surface area (Å²) in [5.74, 6) is 0. The zero-order chi connectivity index (χ0) is 14.8. The van der Waals surface area contributed by atoms with Crippen molar-refractivity contribution in [1.29, 1.82) is 0 Å². The number of rotatable bonds is 9. The molecule has 0 amide bonds. The lowest BCUT2D eigenvalue weighted by molar-refractivity contribution is 0.319. The Labute approximate surface area is 130 Å². The van der Waals surface area contributed by atoms with Gasteiger partial charge in [0.05, 0.1) is 0 Å². The maximum absolute atomic E-state index is 6.31. The molecule has 0 atom stereocenters. The van der Waals surface area contributed by atoms with Crippen molar-refractivity contribution in [2.75, 3.05) is 6.61 Å². The number of allylic oxidation sites excluding steroid dienone is 1. The van der Waals surface area contributed by atoms with Crippen LogP contribution in [-0.4, -0.2) is 15.6 Å². The van der Waals surface area contributed by atoms with Crippen LogP contribution < -0.4 is 10.4 Å². The predicted molar refractivity (Wildman–Crippen MR) is 93.9 cm³/mol. The van der Waals surface area contributed by atoms with Gasteiger partial charge in [-0.05, 0) is 29.6 Å². The Morgan fingerprint density at radius 3 is 1.90 bits per heavy atom. The Balaban J connectivity index is 1.95. The molecule has 0 saturated heterocycles. The van der Waals surface area contributed by atoms with E-state index >= 15 is 0 Å². The summed E-state index contributed by atoms with van der Waals surface area (Å²) < 4.78 is 6.31. The minimum absolute atomic E-state index is 0.859. The van der Waals surface area contributed by atoms with Gasteiger partial charge in [-0.25, -0.2) is 0 Å². The van der Waals surface area contributed by atoms with Crippen molar-refractivity contribution in [2.45, 2.75) is 25.7 Å². The summed E-state index contributed by atoms with van der Waals surface area (Å²) in [5.41, 5.74) is 0. The molecular weight excluding hydrogens is 272 g/mol. The van der Waals surface area contributed by atoms with Crippen LogP contribution in [0.2, 0.25) is 0 Å². The average molecular weight is 296 g/mol. The van der Waals surface area contributed by atoms with Gasteiger partial charge < -0.3 is 4.43 Å². The molecule has 0 heterocycles. The molecule has 0 aliphatic heterocycles. The molecule has 0 bridgehead atoms. The van der Waals surface area contributed by atoms with Crippen molar-refractivity contribution >= 4 is 19.4 Å². The molecule has 0 aliphatic carbocycles. The minimum Gasteiger partial charge on any atom is -0.411 e. The van der Waals surface area contributed by atoms with Gasteiger partial charge in [0.2, 0.25) is 9.04 Å². The highest BCUT2D eigenvalue weighted by Crippen LogP contribution is 2.02. The van der Waals surface area contributed by atoms with Crippen molar-refractivity contribution in [3.05, 3.63) is 73.3 Å². The second kappa shape index (κ2) is 9.32. The van der Waals surface area contributed by atoms with E-state index in [4.69, 9.17) is 4.43 Å². The first kappa shape index (κ1) is 15.7. The van der Waals surface area contributed by atoms with Crippen molar-refractivity contribution < 1.29 is 4.43 Å². The lowest BCUT2D eigenvalue weighted by Crippen LogP contribution is -2.45. The van der Waals surface area contributed by atoms with Gasteiger partial charge in [-0.1, -0.05) is 73.2 Å². The maximum Gasteiger partial charge on any atom is 0.239 e. The molecule has 21 heavy (non-hydrogen) atoms. The van der Waals surface area contributed by atoms with Crippen LogP contribution in [0.5, 0.6) is 0 Å². The summed E-state index contributed by atoms with van der Waals surface area (Å²) in [4.78, 5) is 0. The van der Waals surface area contributed by atoms with Gasteiger partial charge in [0.25, 0.3) is 0 Å². The molecule has 2 heteroatoms. The normalized spacial score (nSPS) is 10.7. The molecule has 2 aromatic rings. The van der Waals surface area contributed by atoms with E-state index in [0.717, 1.165) is 19.4 Å². The summed E-state index contributed by atoms with van der Waals surface area (Å²) in [6, 6.07) is 21.3. The number of hydrogen-bond acceptors (Lipinski definition) is 1. The first-order valence-corrected chi connectivity index (χ1v) is 9.37. The highest BCUT2D eigenvalue weighted by atomic mass is 28.3. The van der Waals surface area contributed by atoms with Crippen molar-refractivity contribution in [3.63, 3.8) is 0 Å². The van der Waals surface area contributed by atoms with Gasteiger partial charge in [-0.2, -0.15) is 0 Å². The molecular formula is C19H24OSi. The van der Waals surface area contributed by atoms with E-state index in [1.165, 1.54) is 23.2 Å². The van der Waals surface area contributed by atoms with E-state index in [2.05, 4.69) is 67.2 Å². The van der Waals surface area contributed by atoms with Gasteiger partial charge in [0.1, 0.15) is 0 Å². The molecule has 1 nitrogen and oxygen atoms in total. The second-order valence-electron chi connectivity index (χ2n) is 5.21. The Hall–Kier alpha value is -1.64. The van der Waals surface area contributed by atoms with E-state index in [-0.39, 0.29) is 0 Å². The van der Waals surface area contributed by atoms with Crippen LogP contribution >= 0.6 is 0 Å². The summed E-state index contributed by atoms with van der Waals surface area (Å²) in [7, 11) is -1.53.